The Bertz CT molecular complexity index is 1010. The first-order valence-electron chi connectivity index (χ1n) is 8.77. The second-order valence-electron chi connectivity index (χ2n) is 6.55. The number of hydrogen-bond donors (Lipinski definition) is 1. The van der Waals surface area contributed by atoms with Gasteiger partial charge in [-0.05, 0) is 43.2 Å². The van der Waals surface area contributed by atoms with Crippen molar-refractivity contribution in [3.63, 3.8) is 0 Å². The van der Waals surface area contributed by atoms with Crippen LogP contribution in [0.1, 0.15) is 16.7 Å². The van der Waals surface area contributed by atoms with Crippen LogP contribution in [0.3, 0.4) is 0 Å². The summed E-state index contributed by atoms with van der Waals surface area (Å²) in [6, 6.07) is 10.8. The van der Waals surface area contributed by atoms with E-state index in [1.165, 1.54) is 18.1 Å². The number of amides is 2. The van der Waals surface area contributed by atoms with Crippen LogP contribution < -0.4 is 10.1 Å². The Labute approximate surface area is 169 Å². The molecule has 5 nitrogen and oxygen atoms in total. The lowest BCUT2D eigenvalue weighted by Crippen LogP contribution is -2.32. The minimum atomic E-state index is -0.415. The van der Waals surface area contributed by atoms with Crippen molar-refractivity contribution >= 4 is 34.7 Å². The molecular weight excluding hydrogens is 376 g/mol. The third kappa shape index (κ3) is 3.53. The van der Waals surface area contributed by atoms with E-state index in [0.29, 0.717) is 27.6 Å². The first-order chi connectivity index (χ1) is 13.4. The minimum Gasteiger partial charge on any atom is -0.495 e. The van der Waals surface area contributed by atoms with Crippen molar-refractivity contribution in [1.82, 2.24) is 4.90 Å². The van der Waals surface area contributed by atoms with Crippen LogP contribution in [0.15, 0.2) is 54.8 Å². The summed E-state index contributed by atoms with van der Waals surface area (Å²) in [5.41, 5.74) is 3.72. The molecule has 0 radical (unpaired) electrons. The molecule has 6 heteroatoms. The predicted molar refractivity (Wildman–Crippen MR) is 111 cm³/mol. The highest BCUT2D eigenvalue weighted by Gasteiger charge is 2.39. The van der Waals surface area contributed by atoms with Gasteiger partial charge in [-0.15, -0.1) is 6.58 Å². The van der Waals surface area contributed by atoms with Crippen molar-refractivity contribution in [2.75, 3.05) is 19.0 Å². The second-order valence-corrected chi connectivity index (χ2v) is 6.98. The molecule has 0 unspecified atom stereocenters. The number of halogens is 1. The van der Waals surface area contributed by atoms with Gasteiger partial charge < -0.3 is 10.1 Å². The average Bonchev–Trinajstić information content (AvgIpc) is 2.87. The topological polar surface area (TPSA) is 58.6 Å². The monoisotopic (exact) mass is 396 g/mol. The van der Waals surface area contributed by atoms with Gasteiger partial charge in [-0.25, -0.2) is 0 Å². The lowest BCUT2D eigenvalue weighted by Gasteiger charge is -2.14. The van der Waals surface area contributed by atoms with Gasteiger partial charge in [0.1, 0.15) is 11.4 Å². The Kier molecular flexibility index (Phi) is 5.56. The van der Waals surface area contributed by atoms with Crippen molar-refractivity contribution in [3.05, 3.63) is 76.5 Å². The molecule has 3 rings (SSSR count). The third-order valence-corrected chi connectivity index (χ3v) is 4.79. The lowest BCUT2D eigenvalue weighted by molar-refractivity contribution is -0.136. The van der Waals surface area contributed by atoms with Crippen LogP contribution in [0.2, 0.25) is 5.02 Å². The molecule has 2 aromatic rings. The quantitative estimate of drug-likeness (QED) is 0.582. The largest absolute Gasteiger partial charge is 0.495 e. The normalized spacial score (nSPS) is 13.9. The number of ether oxygens (including phenoxy) is 1. The van der Waals surface area contributed by atoms with Gasteiger partial charge in [-0.3, -0.25) is 14.5 Å². The van der Waals surface area contributed by atoms with Crippen LogP contribution in [0.5, 0.6) is 5.75 Å². The van der Waals surface area contributed by atoms with Gasteiger partial charge in [-0.2, -0.15) is 0 Å². The second kappa shape index (κ2) is 7.90. The van der Waals surface area contributed by atoms with Crippen LogP contribution in [0.25, 0.3) is 5.57 Å². The highest BCUT2D eigenvalue weighted by molar-refractivity contribution is 6.37. The molecule has 0 bridgehead atoms. The highest BCUT2D eigenvalue weighted by Crippen LogP contribution is 2.35. The van der Waals surface area contributed by atoms with Gasteiger partial charge in [0.25, 0.3) is 11.8 Å². The minimum absolute atomic E-state index is 0.129. The highest BCUT2D eigenvalue weighted by atomic mass is 35.5. The molecule has 1 aliphatic rings. The van der Waals surface area contributed by atoms with Gasteiger partial charge >= 0.3 is 0 Å². The molecule has 144 valence electrons. The summed E-state index contributed by atoms with van der Waals surface area (Å²) >= 11 is 6.11. The first-order valence-corrected chi connectivity index (χ1v) is 9.14. The molecule has 0 aromatic heterocycles. The molecule has 1 heterocycles. The van der Waals surface area contributed by atoms with E-state index in [-0.39, 0.29) is 18.1 Å². The molecular formula is C22H21ClN2O3. The molecule has 0 atom stereocenters. The van der Waals surface area contributed by atoms with Crippen molar-refractivity contribution in [2.24, 2.45) is 0 Å². The van der Waals surface area contributed by atoms with Crippen molar-refractivity contribution in [3.8, 4) is 5.75 Å². The predicted octanol–water partition coefficient (Wildman–Crippen LogP) is 4.34. The van der Waals surface area contributed by atoms with E-state index in [1.54, 1.807) is 18.2 Å². The van der Waals surface area contributed by atoms with Gasteiger partial charge in [0.05, 0.1) is 18.4 Å². The van der Waals surface area contributed by atoms with Gasteiger partial charge in [0.2, 0.25) is 0 Å². The number of methoxy groups -OCH3 is 1. The number of aryl methyl sites for hydroxylation is 2. The molecule has 28 heavy (non-hydrogen) atoms. The van der Waals surface area contributed by atoms with Crippen LogP contribution in [-0.2, 0) is 9.59 Å². The molecule has 0 saturated carbocycles. The maximum absolute atomic E-state index is 13.1. The van der Waals surface area contributed by atoms with E-state index in [1.807, 2.05) is 32.0 Å². The summed E-state index contributed by atoms with van der Waals surface area (Å²) in [6.45, 7) is 7.67. The van der Waals surface area contributed by atoms with E-state index in [0.717, 1.165) is 11.1 Å². The van der Waals surface area contributed by atoms with Gasteiger partial charge in [-0.1, -0.05) is 41.4 Å². The van der Waals surface area contributed by atoms with E-state index < -0.39 is 5.91 Å². The zero-order valence-corrected chi connectivity index (χ0v) is 16.8. The third-order valence-electron chi connectivity index (χ3n) is 4.55. The van der Waals surface area contributed by atoms with Crippen molar-refractivity contribution < 1.29 is 14.3 Å². The SMILES string of the molecule is C=CCN1C(=O)C(Nc2cc(Cl)ccc2OC)=C(c2ccc(C)cc2C)C1=O. The summed E-state index contributed by atoms with van der Waals surface area (Å²) in [4.78, 5) is 27.3. The average molecular weight is 397 g/mol. The molecule has 0 aliphatic carbocycles. The fourth-order valence-corrected chi connectivity index (χ4v) is 3.42. The van der Waals surface area contributed by atoms with E-state index in [9.17, 15) is 9.59 Å². The molecule has 2 aromatic carbocycles. The smallest absolute Gasteiger partial charge is 0.278 e. The molecule has 0 spiro atoms. The number of rotatable bonds is 6. The number of hydrogen-bond acceptors (Lipinski definition) is 4. The van der Waals surface area contributed by atoms with Crippen LogP contribution in [0.4, 0.5) is 5.69 Å². The van der Waals surface area contributed by atoms with Crippen molar-refractivity contribution in [2.45, 2.75) is 13.8 Å². The number of anilines is 1. The summed E-state index contributed by atoms with van der Waals surface area (Å²) in [6.07, 6.45) is 1.53. The standard InChI is InChI=1S/C22H21ClN2O3/c1-5-10-25-21(26)19(16-8-6-13(2)11-14(16)3)20(22(25)27)24-17-12-15(23)7-9-18(17)28-4/h5-9,11-12,24H,1,10H2,2-4H3. The van der Waals surface area contributed by atoms with E-state index >= 15 is 0 Å². The maximum atomic E-state index is 13.1. The Morgan fingerprint density at radius 3 is 2.54 bits per heavy atom. The molecule has 0 saturated heterocycles. The Morgan fingerprint density at radius 2 is 1.89 bits per heavy atom. The molecule has 1 N–H and O–H groups in total. The van der Waals surface area contributed by atoms with Gasteiger partial charge in [0.15, 0.2) is 0 Å². The van der Waals surface area contributed by atoms with Gasteiger partial charge in [0, 0.05) is 11.6 Å². The Balaban J connectivity index is 2.17. The Morgan fingerprint density at radius 1 is 1.14 bits per heavy atom. The zero-order chi connectivity index (χ0) is 20.4. The van der Waals surface area contributed by atoms with Crippen molar-refractivity contribution in [1.29, 1.82) is 0 Å². The number of benzene rings is 2. The zero-order valence-electron chi connectivity index (χ0n) is 16.0. The number of nitrogens with one attached hydrogen (secondary N) is 1. The summed E-state index contributed by atoms with van der Waals surface area (Å²) < 4.78 is 5.36. The summed E-state index contributed by atoms with van der Waals surface area (Å²) in [7, 11) is 1.53. The lowest BCUT2D eigenvalue weighted by atomic mass is 9.97. The fraction of sp³-hybridized carbons (Fsp3) is 0.182. The summed E-state index contributed by atoms with van der Waals surface area (Å²) in [5.74, 6) is -0.262. The van der Waals surface area contributed by atoms with Crippen LogP contribution in [-0.4, -0.2) is 30.4 Å². The Hall–Kier alpha value is -3.05. The maximum Gasteiger partial charge on any atom is 0.278 e. The van der Waals surface area contributed by atoms with E-state index in [4.69, 9.17) is 16.3 Å². The first kappa shape index (κ1) is 19.7. The van der Waals surface area contributed by atoms with Crippen LogP contribution in [0, 0.1) is 13.8 Å². The fourth-order valence-electron chi connectivity index (χ4n) is 3.24. The van der Waals surface area contributed by atoms with Crippen LogP contribution >= 0.6 is 11.6 Å². The molecule has 0 fully saturated rings. The summed E-state index contributed by atoms with van der Waals surface area (Å²) in [5, 5.41) is 3.57. The number of carbonyl (C=O) groups is 2. The number of carbonyl (C=O) groups excluding carboxylic acids is 2. The van der Waals surface area contributed by atoms with E-state index in [2.05, 4.69) is 11.9 Å². The number of imide groups is 1. The molecule has 1 aliphatic heterocycles. The molecule has 2 amide bonds. The number of nitrogens with zero attached hydrogens (tertiary/aromatic N) is 1.